The predicted molar refractivity (Wildman–Crippen MR) is 126 cm³/mol. The Labute approximate surface area is 192 Å². The predicted octanol–water partition coefficient (Wildman–Crippen LogP) is 3.45. The molecule has 176 valence electrons. The average Bonchev–Trinajstić information content (AvgIpc) is 3.61. The van der Waals surface area contributed by atoms with Gasteiger partial charge in [-0.1, -0.05) is 6.07 Å². The van der Waals surface area contributed by atoms with Crippen LogP contribution in [0.2, 0.25) is 0 Å². The summed E-state index contributed by atoms with van der Waals surface area (Å²) in [6.07, 6.45) is 3.28. The van der Waals surface area contributed by atoms with E-state index in [-0.39, 0.29) is 11.4 Å². The van der Waals surface area contributed by atoms with Gasteiger partial charge in [-0.2, -0.15) is 0 Å². The van der Waals surface area contributed by atoms with Crippen LogP contribution in [-0.4, -0.2) is 43.4 Å². The lowest BCUT2D eigenvalue weighted by Crippen LogP contribution is -2.27. The molecule has 3 rings (SSSR count). The first-order valence-corrected chi connectivity index (χ1v) is 10.7. The number of carbonyl (C=O) groups excluding carboxylic acids is 1. The SMILES string of the molecule is CN/C(CNC1CC1)=C(\C(C)=N)c1cnc(N)c(OC(C)c2ccc(F)cc2C(=O)OC)c1. The Balaban J connectivity index is 1.94. The number of benzene rings is 1. The zero-order valence-electron chi connectivity index (χ0n) is 19.3. The van der Waals surface area contributed by atoms with Gasteiger partial charge in [0.2, 0.25) is 0 Å². The fraction of sp³-hybridized carbons (Fsp3) is 0.375. The van der Waals surface area contributed by atoms with Gasteiger partial charge in [0.25, 0.3) is 0 Å². The lowest BCUT2D eigenvalue weighted by atomic mass is 10.0. The summed E-state index contributed by atoms with van der Waals surface area (Å²) in [6.45, 7) is 4.04. The summed E-state index contributed by atoms with van der Waals surface area (Å²) in [7, 11) is 3.05. The summed E-state index contributed by atoms with van der Waals surface area (Å²) in [4.78, 5) is 16.4. The molecule has 2 aromatic rings. The van der Waals surface area contributed by atoms with Crippen LogP contribution < -0.4 is 21.1 Å². The highest BCUT2D eigenvalue weighted by Crippen LogP contribution is 2.31. The van der Waals surface area contributed by atoms with E-state index >= 15 is 0 Å². The molecule has 0 spiro atoms. The molecule has 0 aliphatic heterocycles. The first kappa shape index (κ1) is 24.2. The standard InChI is InChI=1S/C24H30FN5O3/c1-13(26)22(20(28-3)12-29-17-6-7-17)15-9-21(23(27)30-11-15)33-14(2)18-8-5-16(25)10-19(18)24(31)32-4/h5,8-11,14,17,26,28-29H,6-7,12H2,1-4H3,(H2,27,30)/b22-20+,26-13?. The molecule has 1 aliphatic rings. The molecule has 0 amide bonds. The van der Waals surface area contributed by atoms with Crippen LogP contribution in [0.5, 0.6) is 5.75 Å². The minimum absolute atomic E-state index is 0.0761. The number of rotatable bonds is 10. The van der Waals surface area contributed by atoms with Crippen LogP contribution >= 0.6 is 0 Å². The molecule has 0 radical (unpaired) electrons. The number of esters is 1. The zero-order chi connectivity index (χ0) is 24.1. The summed E-state index contributed by atoms with van der Waals surface area (Å²) in [5.41, 5.74) is 9.21. The largest absolute Gasteiger partial charge is 0.482 e. The Morgan fingerprint density at radius 1 is 1.36 bits per heavy atom. The van der Waals surface area contributed by atoms with Crippen molar-refractivity contribution < 1.29 is 18.7 Å². The number of aromatic nitrogens is 1. The van der Waals surface area contributed by atoms with Crippen LogP contribution in [0.25, 0.3) is 5.57 Å². The van der Waals surface area contributed by atoms with Crippen LogP contribution in [0.3, 0.4) is 0 Å². The fourth-order valence-electron chi connectivity index (χ4n) is 3.56. The van der Waals surface area contributed by atoms with Gasteiger partial charge in [0.05, 0.1) is 12.7 Å². The van der Waals surface area contributed by atoms with E-state index in [1.807, 2.05) is 7.05 Å². The molecule has 1 atom stereocenters. The highest BCUT2D eigenvalue weighted by atomic mass is 19.1. The summed E-state index contributed by atoms with van der Waals surface area (Å²) in [5.74, 6) is -0.752. The van der Waals surface area contributed by atoms with Crippen molar-refractivity contribution in [3.8, 4) is 5.75 Å². The molecule has 8 nitrogen and oxygen atoms in total. The third-order valence-electron chi connectivity index (χ3n) is 5.46. The number of hydrogen-bond donors (Lipinski definition) is 4. The first-order chi connectivity index (χ1) is 15.7. The smallest absolute Gasteiger partial charge is 0.338 e. The maximum atomic E-state index is 13.7. The third-order valence-corrected chi connectivity index (χ3v) is 5.46. The monoisotopic (exact) mass is 455 g/mol. The summed E-state index contributed by atoms with van der Waals surface area (Å²) < 4.78 is 24.6. The molecule has 1 heterocycles. The molecule has 1 unspecified atom stereocenters. The Hall–Kier alpha value is -3.46. The molecule has 9 heteroatoms. The number of ether oxygens (including phenoxy) is 2. The van der Waals surface area contributed by atoms with E-state index in [0.29, 0.717) is 40.7 Å². The first-order valence-electron chi connectivity index (χ1n) is 10.7. The van der Waals surface area contributed by atoms with E-state index in [4.69, 9.17) is 20.6 Å². The van der Waals surface area contributed by atoms with Gasteiger partial charge in [-0.25, -0.2) is 14.2 Å². The Bertz CT molecular complexity index is 1080. The van der Waals surface area contributed by atoms with E-state index in [0.717, 1.165) is 24.6 Å². The number of halogens is 1. The second kappa shape index (κ2) is 10.4. The van der Waals surface area contributed by atoms with Crippen molar-refractivity contribution >= 4 is 23.1 Å². The minimum atomic E-state index is -0.661. The number of likely N-dealkylation sites (N-methyl/N-ethyl adjacent to an activating group) is 1. The Morgan fingerprint density at radius 2 is 2.09 bits per heavy atom. The van der Waals surface area contributed by atoms with E-state index in [1.54, 1.807) is 26.1 Å². The lowest BCUT2D eigenvalue weighted by Gasteiger charge is -2.20. The van der Waals surface area contributed by atoms with Gasteiger partial charge in [-0.05, 0) is 44.9 Å². The van der Waals surface area contributed by atoms with E-state index < -0.39 is 17.9 Å². The number of methoxy groups -OCH3 is 1. The molecule has 1 aromatic carbocycles. The highest BCUT2D eigenvalue weighted by Gasteiger charge is 2.23. The Kier molecular flexibility index (Phi) is 7.65. The highest BCUT2D eigenvalue weighted by molar-refractivity contribution is 6.22. The number of nitrogen functional groups attached to an aromatic ring is 1. The van der Waals surface area contributed by atoms with Crippen LogP contribution in [0.15, 0.2) is 36.2 Å². The number of nitrogens with one attached hydrogen (secondary N) is 3. The maximum absolute atomic E-state index is 13.7. The number of pyridine rings is 1. The number of nitrogens with zero attached hydrogens (tertiary/aromatic N) is 1. The fourth-order valence-corrected chi connectivity index (χ4v) is 3.56. The number of nitrogens with two attached hydrogens (primary N) is 1. The van der Waals surface area contributed by atoms with Crippen molar-refractivity contribution in [2.24, 2.45) is 0 Å². The van der Waals surface area contributed by atoms with Gasteiger partial charge in [-0.15, -0.1) is 0 Å². The van der Waals surface area contributed by atoms with Crippen LogP contribution in [0.1, 0.15) is 54.3 Å². The van der Waals surface area contributed by atoms with Crippen LogP contribution in [0.4, 0.5) is 10.2 Å². The van der Waals surface area contributed by atoms with Crippen molar-refractivity contribution in [3.05, 3.63) is 58.7 Å². The number of anilines is 1. The number of allylic oxidation sites excluding steroid dienone is 1. The van der Waals surface area contributed by atoms with Crippen molar-refractivity contribution in [3.63, 3.8) is 0 Å². The number of carbonyl (C=O) groups is 1. The molecule has 1 saturated carbocycles. The van der Waals surface area contributed by atoms with Crippen molar-refractivity contribution in [2.75, 3.05) is 26.4 Å². The zero-order valence-corrected chi connectivity index (χ0v) is 19.3. The second-order valence-electron chi connectivity index (χ2n) is 7.97. The summed E-state index contributed by atoms with van der Waals surface area (Å²) >= 11 is 0. The molecule has 33 heavy (non-hydrogen) atoms. The van der Waals surface area contributed by atoms with Crippen LogP contribution in [-0.2, 0) is 4.74 Å². The normalized spacial score (nSPS) is 14.8. The summed E-state index contributed by atoms with van der Waals surface area (Å²) in [5, 5.41) is 15.0. The molecule has 5 N–H and O–H groups in total. The van der Waals surface area contributed by atoms with Crippen LogP contribution in [0, 0.1) is 11.2 Å². The quantitative estimate of drug-likeness (QED) is 0.320. The molecule has 1 aliphatic carbocycles. The summed E-state index contributed by atoms with van der Waals surface area (Å²) in [6, 6.07) is 6.09. The van der Waals surface area contributed by atoms with Gasteiger partial charge in [0.1, 0.15) is 11.9 Å². The number of hydrogen-bond acceptors (Lipinski definition) is 8. The van der Waals surface area contributed by atoms with E-state index in [9.17, 15) is 9.18 Å². The van der Waals surface area contributed by atoms with Crippen molar-refractivity contribution in [1.29, 1.82) is 5.41 Å². The van der Waals surface area contributed by atoms with Crippen molar-refractivity contribution in [1.82, 2.24) is 15.6 Å². The maximum Gasteiger partial charge on any atom is 0.338 e. The molecular weight excluding hydrogens is 425 g/mol. The van der Waals surface area contributed by atoms with Gasteiger partial charge in [0, 0.05) is 53.9 Å². The molecule has 1 aromatic heterocycles. The topological polar surface area (TPSA) is 122 Å². The average molecular weight is 456 g/mol. The van der Waals surface area contributed by atoms with E-state index in [1.165, 1.54) is 19.2 Å². The van der Waals surface area contributed by atoms with Gasteiger partial charge >= 0.3 is 5.97 Å². The molecule has 0 bridgehead atoms. The van der Waals surface area contributed by atoms with Gasteiger partial charge in [0.15, 0.2) is 11.6 Å². The van der Waals surface area contributed by atoms with Gasteiger partial charge in [-0.3, -0.25) is 0 Å². The molecule has 1 fully saturated rings. The van der Waals surface area contributed by atoms with Crippen molar-refractivity contribution in [2.45, 2.75) is 38.8 Å². The second-order valence-corrected chi connectivity index (χ2v) is 7.97. The molecular formula is C24H30FN5O3. The molecule has 0 saturated heterocycles. The minimum Gasteiger partial charge on any atom is -0.482 e. The third kappa shape index (κ3) is 5.87. The van der Waals surface area contributed by atoms with E-state index in [2.05, 4.69) is 15.6 Å². The lowest BCUT2D eigenvalue weighted by molar-refractivity contribution is 0.0595. The van der Waals surface area contributed by atoms with Gasteiger partial charge < -0.3 is 31.3 Å². The Morgan fingerprint density at radius 3 is 2.70 bits per heavy atom.